The molecule has 0 fully saturated rings. The molecule has 1 aromatic carbocycles. The predicted octanol–water partition coefficient (Wildman–Crippen LogP) is 3.72. The molecule has 0 spiro atoms. The van der Waals surface area contributed by atoms with Gasteiger partial charge in [-0.3, -0.25) is 0 Å². The Kier molecular flexibility index (Phi) is 3.25. The van der Waals surface area contributed by atoms with E-state index in [1.54, 1.807) is 12.1 Å². The number of alkyl halides is 1. The van der Waals surface area contributed by atoms with Crippen molar-refractivity contribution in [3.8, 4) is 5.75 Å². The molecule has 0 saturated heterocycles. The van der Waals surface area contributed by atoms with Crippen LogP contribution in [0, 0.1) is 0 Å². The first kappa shape index (κ1) is 10.9. The fraction of sp³-hybridized carbons (Fsp3) is 0.400. The highest BCUT2D eigenvalue weighted by Gasteiger charge is 2.19. The SMILES string of the molecule is CC(C)(CBr)c1ccc(O)c(Cl)c1. The number of phenols is 1. The minimum absolute atomic E-state index is 0.0390. The zero-order valence-electron chi connectivity index (χ0n) is 7.64. The van der Waals surface area contributed by atoms with Crippen molar-refractivity contribution in [2.45, 2.75) is 19.3 Å². The van der Waals surface area contributed by atoms with Crippen LogP contribution in [-0.4, -0.2) is 10.4 Å². The van der Waals surface area contributed by atoms with Crippen molar-refractivity contribution in [3.63, 3.8) is 0 Å². The summed E-state index contributed by atoms with van der Waals surface area (Å²) in [5.74, 6) is 0.135. The largest absolute Gasteiger partial charge is 0.506 e. The Morgan fingerprint density at radius 3 is 2.54 bits per heavy atom. The van der Waals surface area contributed by atoms with Gasteiger partial charge >= 0.3 is 0 Å². The molecule has 1 nitrogen and oxygen atoms in total. The molecule has 1 rings (SSSR count). The highest BCUT2D eigenvalue weighted by Crippen LogP contribution is 2.31. The van der Waals surface area contributed by atoms with Gasteiger partial charge < -0.3 is 5.11 Å². The van der Waals surface area contributed by atoms with E-state index < -0.39 is 0 Å². The average Bonchev–Trinajstić information content (AvgIpc) is 2.09. The maximum atomic E-state index is 9.24. The van der Waals surface area contributed by atoms with Crippen molar-refractivity contribution < 1.29 is 5.11 Å². The minimum Gasteiger partial charge on any atom is -0.506 e. The standard InChI is InChI=1S/C10H12BrClO/c1-10(2,6-11)7-3-4-9(13)8(12)5-7/h3-5,13H,6H2,1-2H3. The quantitative estimate of drug-likeness (QED) is 0.806. The molecule has 13 heavy (non-hydrogen) atoms. The molecule has 0 unspecified atom stereocenters. The second-order valence-corrected chi connectivity index (χ2v) is 4.65. The summed E-state index contributed by atoms with van der Waals surface area (Å²) in [6, 6.07) is 5.32. The Hall–Kier alpha value is -0.210. The fourth-order valence-electron chi connectivity index (χ4n) is 1.01. The third-order valence-corrected chi connectivity index (χ3v) is 3.77. The molecule has 0 radical (unpaired) electrons. The zero-order valence-corrected chi connectivity index (χ0v) is 9.98. The van der Waals surface area contributed by atoms with Gasteiger partial charge in [0.05, 0.1) is 5.02 Å². The molecule has 0 heterocycles. The van der Waals surface area contributed by atoms with Gasteiger partial charge in [-0.1, -0.05) is 47.4 Å². The predicted molar refractivity (Wildman–Crippen MR) is 59.9 cm³/mol. The van der Waals surface area contributed by atoms with Crippen molar-refractivity contribution in [1.82, 2.24) is 0 Å². The van der Waals surface area contributed by atoms with Crippen molar-refractivity contribution >= 4 is 27.5 Å². The molecular weight excluding hydrogens is 251 g/mol. The van der Waals surface area contributed by atoms with Crippen molar-refractivity contribution in [2.24, 2.45) is 0 Å². The smallest absolute Gasteiger partial charge is 0.134 e. The summed E-state index contributed by atoms with van der Waals surface area (Å²) >= 11 is 9.26. The van der Waals surface area contributed by atoms with E-state index in [-0.39, 0.29) is 11.2 Å². The molecule has 3 heteroatoms. The van der Waals surface area contributed by atoms with Gasteiger partial charge in [0.2, 0.25) is 0 Å². The fourth-order valence-corrected chi connectivity index (χ4v) is 1.51. The van der Waals surface area contributed by atoms with Gasteiger partial charge in [-0.15, -0.1) is 0 Å². The Bertz CT molecular complexity index is 310. The van der Waals surface area contributed by atoms with Crippen molar-refractivity contribution in [2.75, 3.05) is 5.33 Å². The van der Waals surface area contributed by atoms with E-state index in [9.17, 15) is 5.11 Å². The highest BCUT2D eigenvalue weighted by atomic mass is 79.9. The van der Waals surface area contributed by atoms with Crippen LogP contribution in [0.5, 0.6) is 5.75 Å². The second kappa shape index (κ2) is 3.89. The van der Waals surface area contributed by atoms with Gasteiger partial charge in [0.1, 0.15) is 5.75 Å². The van der Waals surface area contributed by atoms with Crippen LogP contribution in [0.4, 0.5) is 0 Å². The number of phenolic OH excluding ortho intramolecular Hbond substituents is 1. The Morgan fingerprint density at radius 2 is 2.08 bits per heavy atom. The summed E-state index contributed by atoms with van der Waals surface area (Å²) in [5, 5.41) is 10.5. The second-order valence-electron chi connectivity index (χ2n) is 3.68. The number of hydrogen-bond acceptors (Lipinski definition) is 1. The number of rotatable bonds is 2. The van der Waals surface area contributed by atoms with E-state index in [0.29, 0.717) is 5.02 Å². The Morgan fingerprint density at radius 1 is 1.46 bits per heavy atom. The minimum atomic E-state index is 0.0390. The molecule has 0 aliphatic heterocycles. The topological polar surface area (TPSA) is 20.2 Å². The Labute approximate surface area is 91.9 Å². The first-order valence-electron chi connectivity index (χ1n) is 4.02. The van der Waals surface area contributed by atoms with E-state index in [2.05, 4.69) is 29.8 Å². The molecule has 0 amide bonds. The normalized spacial score (nSPS) is 11.7. The van der Waals surface area contributed by atoms with Gasteiger partial charge in [-0.2, -0.15) is 0 Å². The number of aromatic hydroxyl groups is 1. The summed E-state index contributed by atoms with van der Waals surface area (Å²) in [5.41, 5.74) is 1.16. The molecule has 0 aliphatic carbocycles. The van der Waals surface area contributed by atoms with Crippen LogP contribution in [0.15, 0.2) is 18.2 Å². The molecule has 0 atom stereocenters. The molecule has 0 saturated carbocycles. The Balaban J connectivity index is 3.10. The third kappa shape index (κ3) is 2.38. The first-order valence-corrected chi connectivity index (χ1v) is 5.52. The lowest BCUT2D eigenvalue weighted by molar-refractivity contribution is 0.474. The molecule has 72 valence electrons. The zero-order chi connectivity index (χ0) is 10.1. The van der Waals surface area contributed by atoms with Crippen LogP contribution in [-0.2, 0) is 5.41 Å². The number of benzene rings is 1. The van der Waals surface area contributed by atoms with Crippen LogP contribution >= 0.6 is 27.5 Å². The summed E-state index contributed by atoms with van der Waals surface area (Å²) in [6.07, 6.45) is 0. The summed E-state index contributed by atoms with van der Waals surface area (Å²) in [6.45, 7) is 4.23. The van der Waals surface area contributed by atoms with Gasteiger partial charge in [0.15, 0.2) is 0 Å². The van der Waals surface area contributed by atoms with Crippen molar-refractivity contribution in [3.05, 3.63) is 28.8 Å². The number of halogens is 2. The highest BCUT2D eigenvalue weighted by molar-refractivity contribution is 9.09. The van der Waals surface area contributed by atoms with Crippen molar-refractivity contribution in [1.29, 1.82) is 0 Å². The molecule has 1 aromatic rings. The molecule has 0 bridgehead atoms. The van der Waals surface area contributed by atoms with Crippen LogP contribution in [0.2, 0.25) is 5.02 Å². The van der Waals surface area contributed by atoms with E-state index in [4.69, 9.17) is 11.6 Å². The van der Waals surface area contributed by atoms with E-state index >= 15 is 0 Å². The van der Waals surface area contributed by atoms with E-state index in [1.807, 2.05) is 6.07 Å². The van der Waals surface area contributed by atoms with Crippen LogP contribution in [0.3, 0.4) is 0 Å². The lowest BCUT2D eigenvalue weighted by Crippen LogP contribution is -2.18. The maximum absolute atomic E-state index is 9.24. The first-order chi connectivity index (χ1) is 5.97. The molecule has 1 N–H and O–H groups in total. The van der Waals surface area contributed by atoms with E-state index in [0.717, 1.165) is 10.9 Å². The molecular formula is C10H12BrClO. The monoisotopic (exact) mass is 262 g/mol. The van der Waals surface area contributed by atoms with Gasteiger partial charge in [-0.25, -0.2) is 0 Å². The van der Waals surface area contributed by atoms with Gasteiger partial charge in [-0.05, 0) is 23.1 Å². The summed E-state index contributed by atoms with van der Waals surface area (Å²) in [4.78, 5) is 0. The lowest BCUT2D eigenvalue weighted by Gasteiger charge is -2.22. The number of hydrogen-bond donors (Lipinski definition) is 1. The van der Waals surface area contributed by atoms with Gasteiger partial charge in [0.25, 0.3) is 0 Å². The van der Waals surface area contributed by atoms with Crippen LogP contribution in [0.25, 0.3) is 0 Å². The average molecular weight is 264 g/mol. The summed E-state index contributed by atoms with van der Waals surface area (Å²) in [7, 11) is 0. The maximum Gasteiger partial charge on any atom is 0.134 e. The lowest BCUT2D eigenvalue weighted by atomic mass is 9.87. The summed E-state index contributed by atoms with van der Waals surface area (Å²) < 4.78 is 0. The molecule has 0 aromatic heterocycles. The van der Waals surface area contributed by atoms with Crippen LogP contribution in [0.1, 0.15) is 19.4 Å². The van der Waals surface area contributed by atoms with E-state index in [1.165, 1.54) is 0 Å². The molecule has 0 aliphatic rings. The van der Waals surface area contributed by atoms with Gasteiger partial charge in [0, 0.05) is 5.33 Å². The van der Waals surface area contributed by atoms with Crippen LogP contribution < -0.4 is 0 Å². The third-order valence-electron chi connectivity index (χ3n) is 2.06.